The lowest BCUT2D eigenvalue weighted by Gasteiger charge is -2.22. The van der Waals surface area contributed by atoms with Gasteiger partial charge in [-0.15, -0.1) is 0 Å². The maximum absolute atomic E-state index is 13.2. The molecule has 2 aromatic carbocycles. The highest BCUT2D eigenvalue weighted by atomic mass is 79.9. The Bertz CT molecular complexity index is 1020. The first-order valence-corrected chi connectivity index (χ1v) is 9.38. The van der Waals surface area contributed by atoms with Crippen LogP contribution in [0.1, 0.15) is 5.56 Å². The van der Waals surface area contributed by atoms with Gasteiger partial charge >= 0.3 is 5.97 Å². The molecule has 0 bridgehead atoms. The van der Waals surface area contributed by atoms with E-state index in [1.54, 1.807) is 30.3 Å². The molecule has 1 fully saturated rings. The number of hydrazone groups is 1. The zero-order valence-electron chi connectivity index (χ0n) is 15.1. The Kier molecular flexibility index (Phi) is 4.50. The van der Waals surface area contributed by atoms with E-state index in [0.29, 0.717) is 11.4 Å². The molecule has 2 atom stereocenters. The quantitative estimate of drug-likeness (QED) is 0.540. The average molecular weight is 442 g/mol. The molecule has 0 aromatic heterocycles. The summed E-state index contributed by atoms with van der Waals surface area (Å²) >= 11 is 3.34. The number of carbonyl (C=O) groups excluding carboxylic acids is 3. The SMILES string of the molecule is COC(=O)C1=NN(c2cccc(C)c2)[C@H]2C(=O)N(c3ccc(Br)cc3)C(=O)[C@H]12. The van der Waals surface area contributed by atoms with Crippen LogP contribution in [-0.2, 0) is 19.1 Å². The van der Waals surface area contributed by atoms with E-state index in [4.69, 9.17) is 4.74 Å². The third-order valence-electron chi connectivity index (χ3n) is 4.79. The van der Waals surface area contributed by atoms with Crippen LogP contribution in [0.15, 0.2) is 58.1 Å². The minimum atomic E-state index is -1.01. The van der Waals surface area contributed by atoms with Crippen LogP contribution in [0, 0.1) is 12.8 Å². The number of rotatable bonds is 3. The van der Waals surface area contributed by atoms with Gasteiger partial charge in [0.05, 0.1) is 18.5 Å². The fourth-order valence-electron chi connectivity index (χ4n) is 3.52. The minimum absolute atomic E-state index is 0.0630. The number of anilines is 2. The summed E-state index contributed by atoms with van der Waals surface area (Å²) in [6.07, 6.45) is 0. The van der Waals surface area contributed by atoms with E-state index < -0.39 is 29.7 Å². The molecule has 0 N–H and O–H groups in total. The highest BCUT2D eigenvalue weighted by molar-refractivity contribution is 9.10. The van der Waals surface area contributed by atoms with Crippen LogP contribution >= 0.6 is 15.9 Å². The van der Waals surface area contributed by atoms with E-state index in [1.165, 1.54) is 12.1 Å². The Morgan fingerprint density at radius 3 is 2.43 bits per heavy atom. The molecule has 142 valence electrons. The second-order valence-electron chi connectivity index (χ2n) is 6.57. The van der Waals surface area contributed by atoms with Gasteiger partial charge in [-0.1, -0.05) is 28.1 Å². The lowest BCUT2D eigenvalue weighted by atomic mass is 9.97. The van der Waals surface area contributed by atoms with Gasteiger partial charge in [-0.3, -0.25) is 14.6 Å². The van der Waals surface area contributed by atoms with Crippen molar-refractivity contribution < 1.29 is 19.1 Å². The van der Waals surface area contributed by atoms with Gasteiger partial charge in [-0.05, 0) is 48.9 Å². The van der Waals surface area contributed by atoms with E-state index in [2.05, 4.69) is 21.0 Å². The summed E-state index contributed by atoms with van der Waals surface area (Å²) in [7, 11) is 1.23. The van der Waals surface area contributed by atoms with Crippen molar-refractivity contribution in [1.29, 1.82) is 0 Å². The second-order valence-corrected chi connectivity index (χ2v) is 7.49. The van der Waals surface area contributed by atoms with Crippen molar-refractivity contribution in [3.63, 3.8) is 0 Å². The molecule has 28 heavy (non-hydrogen) atoms. The zero-order valence-corrected chi connectivity index (χ0v) is 16.7. The molecule has 0 radical (unpaired) electrons. The van der Waals surface area contributed by atoms with Crippen LogP contribution in [0.5, 0.6) is 0 Å². The topological polar surface area (TPSA) is 79.3 Å². The number of benzene rings is 2. The Hall–Kier alpha value is -3.00. The first kappa shape index (κ1) is 18.4. The molecule has 8 heteroatoms. The number of hydrogen-bond acceptors (Lipinski definition) is 6. The summed E-state index contributed by atoms with van der Waals surface area (Å²) in [4.78, 5) is 39.8. The maximum Gasteiger partial charge on any atom is 0.355 e. The van der Waals surface area contributed by atoms with Crippen molar-refractivity contribution in [2.75, 3.05) is 17.0 Å². The van der Waals surface area contributed by atoms with Gasteiger partial charge in [0.2, 0.25) is 5.91 Å². The summed E-state index contributed by atoms with van der Waals surface area (Å²) in [5, 5.41) is 5.74. The maximum atomic E-state index is 13.2. The normalized spacial score (nSPS) is 21.0. The minimum Gasteiger partial charge on any atom is -0.464 e. The van der Waals surface area contributed by atoms with Crippen molar-refractivity contribution in [2.45, 2.75) is 13.0 Å². The summed E-state index contributed by atoms with van der Waals surface area (Å²) in [5.41, 5.74) is 1.98. The van der Waals surface area contributed by atoms with Crippen LogP contribution in [-0.4, -0.2) is 36.6 Å². The molecule has 0 aliphatic carbocycles. The molecule has 0 saturated carbocycles. The van der Waals surface area contributed by atoms with Crippen molar-refractivity contribution >= 4 is 50.8 Å². The van der Waals surface area contributed by atoms with E-state index in [-0.39, 0.29) is 5.71 Å². The fraction of sp³-hybridized carbons (Fsp3) is 0.200. The van der Waals surface area contributed by atoms with Gasteiger partial charge in [0, 0.05) is 4.47 Å². The summed E-state index contributed by atoms with van der Waals surface area (Å²) in [5.74, 6) is -2.65. The van der Waals surface area contributed by atoms with Crippen molar-refractivity contribution in [3.8, 4) is 0 Å². The van der Waals surface area contributed by atoms with Gasteiger partial charge < -0.3 is 4.74 Å². The van der Waals surface area contributed by atoms with Gasteiger partial charge in [0.25, 0.3) is 5.91 Å². The molecule has 2 amide bonds. The van der Waals surface area contributed by atoms with Crippen LogP contribution in [0.4, 0.5) is 11.4 Å². The van der Waals surface area contributed by atoms with Crippen molar-refractivity contribution in [3.05, 3.63) is 58.6 Å². The molecule has 2 heterocycles. The zero-order chi connectivity index (χ0) is 20.0. The van der Waals surface area contributed by atoms with Crippen LogP contribution in [0.3, 0.4) is 0 Å². The van der Waals surface area contributed by atoms with Crippen molar-refractivity contribution in [2.24, 2.45) is 11.0 Å². The van der Waals surface area contributed by atoms with Gasteiger partial charge in [0.15, 0.2) is 5.71 Å². The summed E-state index contributed by atoms with van der Waals surface area (Å²) < 4.78 is 5.63. The Morgan fingerprint density at radius 2 is 1.79 bits per heavy atom. The molecule has 0 unspecified atom stereocenters. The number of ether oxygens (including phenoxy) is 1. The number of nitrogens with zero attached hydrogens (tertiary/aromatic N) is 3. The second kappa shape index (κ2) is 6.87. The number of halogens is 1. The van der Waals surface area contributed by atoms with Crippen LogP contribution in [0.25, 0.3) is 0 Å². The number of amides is 2. The summed E-state index contributed by atoms with van der Waals surface area (Å²) in [6, 6.07) is 13.3. The number of hydrogen-bond donors (Lipinski definition) is 0. The van der Waals surface area contributed by atoms with Gasteiger partial charge in [-0.2, -0.15) is 5.10 Å². The number of fused-ring (bicyclic) bond motifs is 1. The number of aryl methyl sites for hydroxylation is 1. The Labute approximate surface area is 169 Å². The molecule has 4 rings (SSSR count). The monoisotopic (exact) mass is 441 g/mol. The predicted octanol–water partition coefficient (Wildman–Crippen LogP) is 2.66. The highest BCUT2D eigenvalue weighted by Gasteiger charge is 2.59. The molecule has 7 nitrogen and oxygen atoms in total. The highest BCUT2D eigenvalue weighted by Crippen LogP contribution is 2.38. The smallest absolute Gasteiger partial charge is 0.355 e. The average Bonchev–Trinajstić information content (AvgIpc) is 3.20. The molecule has 2 aliphatic rings. The molecule has 2 aromatic rings. The first-order valence-electron chi connectivity index (χ1n) is 8.58. The largest absolute Gasteiger partial charge is 0.464 e. The molecular formula is C20H16BrN3O4. The predicted molar refractivity (Wildman–Crippen MR) is 107 cm³/mol. The Balaban J connectivity index is 1.81. The lowest BCUT2D eigenvalue weighted by molar-refractivity contribution is -0.133. The fourth-order valence-corrected chi connectivity index (χ4v) is 3.78. The Morgan fingerprint density at radius 1 is 1.07 bits per heavy atom. The van der Waals surface area contributed by atoms with Gasteiger partial charge in [0.1, 0.15) is 12.0 Å². The van der Waals surface area contributed by atoms with Gasteiger partial charge in [-0.25, -0.2) is 9.69 Å². The molecular weight excluding hydrogens is 426 g/mol. The van der Waals surface area contributed by atoms with Crippen molar-refractivity contribution in [1.82, 2.24) is 0 Å². The first-order chi connectivity index (χ1) is 13.4. The summed E-state index contributed by atoms with van der Waals surface area (Å²) in [6.45, 7) is 1.91. The van der Waals surface area contributed by atoms with E-state index in [1.807, 2.05) is 25.1 Å². The number of carbonyl (C=O) groups is 3. The third-order valence-corrected chi connectivity index (χ3v) is 5.32. The molecule has 0 spiro atoms. The van der Waals surface area contributed by atoms with Crippen LogP contribution < -0.4 is 9.91 Å². The number of methoxy groups -OCH3 is 1. The standard InChI is InChI=1S/C20H16BrN3O4/c1-11-4-3-5-14(10-11)24-17-15(16(22-24)20(27)28-2)18(25)23(19(17)26)13-8-6-12(21)7-9-13/h3-10,15,17H,1-2H3/t15-,17-/m1/s1. The van der Waals surface area contributed by atoms with E-state index in [0.717, 1.165) is 14.9 Å². The lowest BCUT2D eigenvalue weighted by Crippen LogP contribution is -2.39. The third kappa shape index (κ3) is 2.80. The molecule has 2 aliphatic heterocycles. The number of esters is 1. The molecule has 1 saturated heterocycles. The van der Waals surface area contributed by atoms with E-state index >= 15 is 0 Å². The number of imide groups is 1. The van der Waals surface area contributed by atoms with Crippen LogP contribution in [0.2, 0.25) is 0 Å². The van der Waals surface area contributed by atoms with E-state index in [9.17, 15) is 14.4 Å².